The SMILES string of the molecule is Nc1ccc(CC2C=CN=CCC2)cc1. The Bertz CT molecular complexity index is 363. The maximum absolute atomic E-state index is 5.65. The van der Waals surface area contributed by atoms with Gasteiger partial charge < -0.3 is 5.73 Å². The van der Waals surface area contributed by atoms with E-state index in [2.05, 4.69) is 23.2 Å². The van der Waals surface area contributed by atoms with Gasteiger partial charge in [-0.25, -0.2) is 0 Å². The Morgan fingerprint density at radius 1 is 1.27 bits per heavy atom. The highest BCUT2D eigenvalue weighted by molar-refractivity contribution is 5.58. The monoisotopic (exact) mass is 200 g/mol. The second-order valence-corrected chi connectivity index (χ2v) is 3.96. The number of allylic oxidation sites excluding steroid dienone is 1. The molecule has 1 unspecified atom stereocenters. The Morgan fingerprint density at radius 3 is 2.87 bits per heavy atom. The molecule has 1 atom stereocenters. The zero-order valence-corrected chi connectivity index (χ0v) is 8.76. The van der Waals surface area contributed by atoms with E-state index in [1.54, 1.807) is 0 Å². The van der Waals surface area contributed by atoms with Crippen LogP contribution in [0.2, 0.25) is 0 Å². The largest absolute Gasteiger partial charge is 0.399 e. The molecular weight excluding hydrogens is 184 g/mol. The lowest BCUT2D eigenvalue weighted by Gasteiger charge is -2.10. The van der Waals surface area contributed by atoms with Gasteiger partial charge in [0.2, 0.25) is 0 Å². The van der Waals surface area contributed by atoms with Crippen molar-refractivity contribution in [2.45, 2.75) is 19.3 Å². The number of nitrogens with two attached hydrogens (primary N) is 1. The number of benzene rings is 1. The molecule has 78 valence electrons. The van der Waals surface area contributed by atoms with Crippen molar-refractivity contribution < 1.29 is 0 Å². The van der Waals surface area contributed by atoms with Crippen LogP contribution >= 0.6 is 0 Å². The van der Waals surface area contributed by atoms with Gasteiger partial charge in [-0.15, -0.1) is 0 Å². The van der Waals surface area contributed by atoms with Gasteiger partial charge in [0.1, 0.15) is 0 Å². The maximum Gasteiger partial charge on any atom is 0.0314 e. The third-order valence-corrected chi connectivity index (χ3v) is 2.69. The van der Waals surface area contributed by atoms with Gasteiger partial charge in [0.15, 0.2) is 0 Å². The number of nitrogen functional groups attached to an aromatic ring is 1. The number of nitrogens with zero attached hydrogens (tertiary/aromatic N) is 1. The fourth-order valence-electron chi connectivity index (χ4n) is 1.82. The van der Waals surface area contributed by atoms with E-state index < -0.39 is 0 Å². The van der Waals surface area contributed by atoms with Crippen molar-refractivity contribution in [3.63, 3.8) is 0 Å². The summed E-state index contributed by atoms with van der Waals surface area (Å²) < 4.78 is 0. The topological polar surface area (TPSA) is 38.4 Å². The third-order valence-electron chi connectivity index (χ3n) is 2.69. The summed E-state index contributed by atoms with van der Waals surface area (Å²) in [6, 6.07) is 8.14. The lowest BCUT2D eigenvalue weighted by molar-refractivity contribution is 0.609. The highest BCUT2D eigenvalue weighted by Crippen LogP contribution is 2.17. The van der Waals surface area contributed by atoms with Crippen molar-refractivity contribution in [1.82, 2.24) is 0 Å². The molecule has 0 saturated carbocycles. The highest BCUT2D eigenvalue weighted by Gasteiger charge is 2.06. The number of rotatable bonds is 2. The summed E-state index contributed by atoms with van der Waals surface area (Å²) >= 11 is 0. The van der Waals surface area contributed by atoms with Crippen molar-refractivity contribution in [3.8, 4) is 0 Å². The molecule has 0 amide bonds. The standard InChI is InChI=1S/C13H16N2/c14-13-5-3-12(4-6-13)10-11-2-1-8-15-9-7-11/h3-9,11H,1-2,10,14H2. The van der Waals surface area contributed by atoms with Crippen LogP contribution in [0.3, 0.4) is 0 Å². The minimum atomic E-state index is 0.608. The van der Waals surface area contributed by atoms with Crippen LogP contribution in [0, 0.1) is 5.92 Å². The highest BCUT2D eigenvalue weighted by atomic mass is 14.7. The molecule has 0 fully saturated rings. The van der Waals surface area contributed by atoms with Crippen molar-refractivity contribution >= 4 is 11.9 Å². The van der Waals surface area contributed by atoms with E-state index in [1.165, 1.54) is 12.0 Å². The van der Waals surface area contributed by atoms with Crippen LogP contribution in [-0.4, -0.2) is 6.21 Å². The molecule has 0 bridgehead atoms. The maximum atomic E-state index is 5.65. The first kappa shape index (κ1) is 9.97. The average molecular weight is 200 g/mol. The van der Waals surface area contributed by atoms with Gasteiger partial charge >= 0.3 is 0 Å². The summed E-state index contributed by atoms with van der Waals surface area (Å²) in [5.41, 5.74) is 7.83. The molecule has 2 N–H and O–H groups in total. The first-order valence-electron chi connectivity index (χ1n) is 5.37. The molecule has 0 aliphatic carbocycles. The molecule has 0 spiro atoms. The molecule has 1 aliphatic heterocycles. The Labute approximate surface area is 90.5 Å². The number of aliphatic imine (C=N–C) groups is 1. The molecule has 15 heavy (non-hydrogen) atoms. The van der Waals surface area contributed by atoms with E-state index in [0.29, 0.717) is 5.92 Å². The number of hydrogen-bond acceptors (Lipinski definition) is 2. The lowest BCUT2D eigenvalue weighted by Crippen LogP contribution is -2.01. The van der Waals surface area contributed by atoms with E-state index in [0.717, 1.165) is 18.5 Å². The summed E-state index contributed by atoms with van der Waals surface area (Å²) in [7, 11) is 0. The fraction of sp³-hybridized carbons (Fsp3) is 0.308. The smallest absolute Gasteiger partial charge is 0.0314 e. The van der Waals surface area contributed by atoms with Crippen molar-refractivity contribution in [3.05, 3.63) is 42.1 Å². The van der Waals surface area contributed by atoms with E-state index in [-0.39, 0.29) is 0 Å². The average Bonchev–Trinajstić information content (AvgIpc) is 2.50. The molecule has 2 rings (SSSR count). The van der Waals surface area contributed by atoms with Crippen LogP contribution < -0.4 is 5.73 Å². The second kappa shape index (κ2) is 4.78. The van der Waals surface area contributed by atoms with Gasteiger partial charge in [-0.05, 0) is 42.9 Å². The molecule has 1 aromatic carbocycles. The number of hydrogen-bond donors (Lipinski definition) is 1. The summed E-state index contributed by atoms with van der Waals surface area (Å²) in [4.78, 5) is 4.15. The van der Waals surface area contributed by atoms with Gasteiger partial charge in [0, 0.05) is 18.1 Å². The lowest BCUT2D eigenvalue weighted by atomic mass is 9.95. The normalized spacial score (nSPS) is 20.1. The first-order valence-corrected chi connectivity index (χ1v) is 5.37. The predicted octanol–water partition coefficient (Wildman–Crippen LogP) is 2.81. The summed E-state index contributed by atoms with van der Waals surface area (Å²) in [6.45, 7) is 0. The molecule has 0 saturated heterocycles. The van der Waals surface area contributed by atoms with Crippen LogP contribution in [0.5, 0.6) is 0 Å². The molecule has 1 aromatic rings. The number of anilines is 1. The van der Waals surface area contributed by atoms with Crippen LogP contribution in [0.25, 0.3) is 0 Å². The van der Waals surface area contributed by atoms with Gasteiger partial charge in [0.05, 0.1) is 0 Å². The summed E-state index contributed by atoms with van der Waals surface area (Å²) in [5.74, 6) is 0.608. The van der Waals surface area contributed by atoms with Crippen LogP contribution in [-0.2, 0) is 6.42 Å². The van der Waals surface area contributed by atoms with Gasteiger partial charge in [-0.2, -0.15) is 0 Å². The predicted molar refractivity (Wildman–Crippen MR) is 64.9 cm³/mol. The van der Waals surface area contributed by atoms with Crippen molar-refractivity contribution in [2.24, 2.45) is 10.9 Å². The van der Waals surface area contributed by atoms with E-state index in [1.807, 2.05) is 24.5 Å². The van der Waals surface area contributed by atoms with E-state index in [9.17, 15) is 0 Å². The molecule has 2 nitrogen and oxygen atoms in total. The first-order chi connectivity index (χ1) is 7.34. The summed E-state index contributed by atoms with van der Waals surface area (Å²) in [5, 5.41) is 0. The molecule has 0 radical (unpaired) electrons. The summed E-state index contributed by atoms with van der Waals surface area (Å²) in [6.07, 6.45) is 9.44. The Balaban J connectivity index is 1.99. The second-order valence-electron chi connectivity index (χ2n) is 3.96. The van der Waals surface area contributed by atoms with Crippen LogP contribution in [0.4, 0.5) is 5.69 Å². The van der Waals surface area contributed by atoms with E-state index >= 15 is 0 Å². The van der Waals surface area contributed by atoms with E-state index in [4.69, 9.17) is 5.73 Å². The third kappa shape index (κ3) is 2.94. The van der Waals surface area contributed by atoms with Crippen molar-refractivity contribution in [2.75, 3.05) is 5.73 Å². The van der Waals surface area contributed by atoms with Gasteiger partial charge in [0.25, 0.3) is 0 Å². The quantitative estimate of drug-likeness (QED) is 0.732. The minimum Gasteiger partial charge on any atom is -0.399 e. The molecular formula is C13H16N2. The Kier molecular flexibility index (Phi) is 3.18. The van der Waals surface area contributed by atoms with Crippen molar-refractivity contribution in [1.29, 1.82) is 0 Å². The molecule has 1 heterocycles. The minimum absolute atomic E-state index is 0.608. The Hall–Kier alpha value is -1.57. The molecule has 0 aromatic heterocycles. The fourth-order valence-corrected chi connectivity index (χ4v) is 1.82. The van der Waals surface area contributed by atoms with Gasteiger partial charge in [-0.3, -0.25) is 4.99 Å². The zero-order chi connectivity index (χ0) is 10.5. The molecule has 2 heteroatoms. The van der Waals surface area contributed by atoms with Crippen LogP contribution in [0.1, 0.15) is 18.4 Å². The zero-order valence-electron chi connectivity index (χ0n) is 8.76. The van der Waals surface area contributed by atoms with Gasteiger partial charge in [-0.1, -0.05) is 18.2 Å². The molecule has 1 aliphatic rings. The Morgan fingerprint density at radius 2 is 2.07 bits per heavy atom. The van der Waals surface area contributed by atoms with Crippen LogP contribution in [0.15, 0.2) is 41.5 Å².